The molecule has 0 radical (unpaired) electrons. The van der Waals surface area contributed by atoms with Crippen molar-refractivity contribution in [1.82, 2.24) is 10.6 Å². The molecule has 6 heteroatoms. The molecule has 1 amide bonds. The van der Waals surface area contributed by atoms with Crippen LogP contribution in [0.2, 0.25) is 0 Å². The van der Waals surface area contributed by atoms with E-state index in [1.807, 2.05) is 37.3 Å². The molecule has 0 aliphatic carbocycles. The van der Waals surface area contributed by atoms with Crippen molar-refractivity contribution in [3.05, 3.63) is 71.3 Å². The van der Waals surface area contributed by atoms with Gasteiger partial charge in [0.25, 0.3) is 5.91 Å². The number of rotatable bonds is 4. The van der Waals surface area contributed by atoms with Gasteiger partial charge >= 0.3 is 5.97 Å². The molecule has 0 saturated carbocycles. The molecule has 0 spiro atoms. The second kappa shape index (κ2) is 8.21. The molecule has 0 aromatic heterocycles. The first-order valence-corrected chi connectivity index (χ1v) is 7.77. The highest BCUT2D eigenvalue weighted by Crippen LogP contribution is 2.11. The van der Waals surface area contributed by atoms with E-state index >= 15 is 0 Å². The zero-order valence-electron chi connectivity index (χ0n) is 13.4. The van der Waals surface area contributed by atoms with Gasteiger partial charge in [-0.3, -0.25) is 10.1 Å². The normalized spacial score (nSPS) is 11.2. The Kier molecular flexibility index (Phi) is 6.03. The van der Waals surface area contributed by atoms with Crippen molar-refractivity contribution < 1.29 is 14.3 Å². The van der Waals surface area contributed by atoms with E-state index in [1.165, 1.54) is 13.2 Å². The Morgan fingerprint density at radius 3 is 2.38 bits per heavy atom. The van der Waals surface area contributed by atoms with Gasteiger partial charge in [0.1, 0.15) is 0 Å². The summed E-state index contributed by atoms with van der Waals surface area (Å²) in [5, 5.41) is 5.89. The largest absolute Gasteiger partial charge is 0.465 e. The van der Waals surface area contributed by atoms with Crippen LogP contribution in [0.5, 0.6) is 0 Å². The number of hydrogen-bond donors (Lipinski definition) is 2. The summed E-state index contributed by atoms with van der Waals surface area (Å²) < 4.78 is 4.64. The third-order valence-corrected chi connectivity index (χ3v) is 3.64. The molecule has 0 heterocycles. The van der Waals surface area contributed by atoms with Crippen molar-refractivity contribution >= 4 is 29.2 Å². The fraction of sp³-hybridized carbons (Fsp3) is 0.167. The van der Waals surface area contributed by atoms with E-state index in [2.05, 4.69) is 15.4 Å². The van der Waals surface area contributed by atoms with Crippen LogP contribution in [0.25, 0.3) is 0 Å². The van der Waals surface area contributed by atoms with Crippen molar-refractivity contribution in [3.8, 4) is 0 Å². The first kappa shape index (κ1) is 17.6. The maximum absolute atomic E-state index is 12.2. The zero-order valence-corrected chi connectivity index (χ0v) is 14.2. The van der Waals surface area contributed by atoms with E-state index in [4.69, 9.17) is 12.2 Å². The van der Waals surface area contributed by atoms with E-state index in [1.54, 1.807) is 18.2 Å². The number of carbonyl (C=O) groups is 2. The average Bonchev–Trinajstić information content (AvgIpc) is 2.61. The van der Waals surface area contributed by atoms with E-state index in [9.17, 15) is 9.59 Å². The van der Waals surface area contributed by atoms with Crippen molar-refractivity contribution in [2.75, 3.05) is 7.11 Å². The highest BCUT2D eigenvalue weighted by atomic mass is 32.1. The molecule has 1 atom stereocenters. The maximum Gasteiger partial charge on any atom is 0.337 e. The second-order valence-corrected chi connectivity index (χ2v) is 5.54. The van der Waals surface area contributed by atoms with Gasteiger partial charge in [0.2, 0.25) is 0 Å². The molecule has 2 aromatic rings. The third kappa shape index (κ3) is 4.63. The lowest BCUT2D eigenvalue weighted by molar-refractivity contribution is 0.0600. The van der Waals surface area contributed by atoms with Gasteiger partial charge in [0.05, 0.1) is 18.7 Å². The fourth-order valence-electron chi connectivity index (χ4n) is 2.14. The van der Waals surface area contributed by atoms with Crippen LogP contribution in [0.3, 0.4) is 0 Å². The number of hydrogen-bond acceptors (Lipinski definition) is 4. The molecular weight excluding hydrogens is 324 g/mol. The summed E-state index contributed by atoms with van der Waals surface area (Å²) in [5.41, 5.74) is 1.69. The number of benzene rings is 2. The van der Waals surface area contributed by atoms with E-state index in [0.29, 0.717) is 11.1 Å². The van der Waals surface area contributed by atoms with Gasteiger partial charge in [-0.05, 0) is 42.9 Å². The van der Waals surface area contributed by atoms with E-state index in [0.717, 1.165) is 5.56 Å². The lowest BCUT2D eigenvalue weighted by Crippen LogP contribution is -2.40. The summed E-state index contributed by atoms with van der Waals surface area (Å²) in [4.78, 5) is 23.8. The van der Waals surface area contributed by atoms with Crippen molar-refractivity contribution in [3.63, 3.8) is 0 Å². The first-order valence-electron chi connectivity index (χ1n) is 7.36. The SMILES string of the molecule is COC(=O)c1cccc(C(=O)NC(=S)NC(C)c2ccccc2)c1. The predicted octanol–water partition coefficient (Wildman–Crippen LogP) is 2.84. The van der Waals surface area contributed by atoms with Crippen LogP contribution in [0, 0.1) is 0 Å². The summed E-state index contributed by atoms with van der Waals surface area (Å²) in [5.74, 6) is -0.887. The quantitative estimate of drug-likeness (QED) is 0.661. The molecule has 5 nitrogen and oxygen atoms in total. The first-order chi connectivity index (χ1) is 11.5. The van der Waals surface area contributed by atoms with Crippen LogP contribution in [-0.4, -0.2) is 24.1 Å². The highest BCUT2D eigenvalue weighted by molar-refractivity contribution is 7.80. The Bertz CT molecular complexity index is 747. The van der Waals surface area contributed by atoms with Gasteiger partial charge in [0.15, 0.2) is 5.11 Å². The molecule has 24 heavy (non-hydrogen) atoms. The standard InChI is InChI=1S/C18H18N2O3S/c1-12(13-7-4-3-5-8-13)19-18(24)20-16(21)14-9-6-10-15(11-14)17(22)23-2/h3-12H,1-2H3,(H2,19,20,21,24). The van der Waals surface area contributed by atoms with Gasteiger partial charge in [-0.25, -0.2) is 4.79 Å². The van der Waals surface area contributed by atoms with Crippen LogP contribution in [0.1, 0.15) is 39.2 Å². The Balaban J connectivity index is 1.99. The number of carbonyl (C=O) groups excluding carboxylic acids is 2. The summed E-state index contributed by atoms with van der Waals surface area (Å²) in [6.45, 7) is 1.95. The van der Waals surface area contributed by atoms with Crippen molar-refractivity contribution in [2.45, 2.75) is 13.0 Å². The van der Waals surface area contributed by atoms with Gasteiger partial charge in [-0.1, -0.05) is 36.4 Å². The van der Waals surface area contributed by atoms with Crippen LogP contribution in [0.15, 0.2) is 54.6 Å². The Hall–Kier alpha value is -2.73. The minimum atomic E-state index is -0.497. The van der Waals surface area contributed by atoms with E-state index < -0.39 is 11.9 Å². The van der Waals surface area contributed by atoms with Crippen LogP contribution in [0.4, 0.5) is 0 Å². The van der Waals surface area contributed by atoms with Crippen LogP contribution >= 0.6 is 12.2 Å². The molecule has 124 valence electrons. The van der Waals surface area contributed by atoms with Gasteiger partial charge in [-0.2, -0.15) is 0 Å². The Morgan fingerprint density at radius 1 is 1.04 bits per heavy atom. The third-order valence-electron chi connectivity index (χ3n) is 3.42. The number of methoxy groups -OCH3 is 1. The summed E-state index contributed by atoms with van der Waals surface area (Å²) >= 11 is 5.18. The van der Waals surface area contributed by atoms with Gasteiger partial charge in [0, 0.05) is 5.56 Å². The average molecular weight is 342 g/mol. The summed E-state index contributed by atoms with van der Waals surface area (Å²) in [6.07, 6.45) is 0. The molecule has 2 rings (SSSR count). The van der Waals surface area contributed by atoms with Crippen LogP contribution in [-0.2, 0) is 4.74 Å². The number of esters is 1. The maximum atomic E-state index is 12.2. The van der Waals surface area contributed by atoms with Crippen molar-refractivity contribution in [1.29, 1.82) is 0 Å². The molecule has 0 aliphatic heterocycles. The molecular formula is C18H18N2O3S. The highest BCUT2D eigenvalue weighted by Gasteiger charge is 2.13. The van der Waals surface area contributed by atoms with Gasteiger partial charge in [-0.15, -0.1) is 0 Å². The molecule has 1 unspecified atom stereocenters. The molecule has 2 aromatic carbocycles. The predicted molar refractivity (Wildman–Crippen MR) is 95.8 cm³/mol. The molecule has 2 N–H and O–H groups in total. The molecule has 0 saturated heterocycles. The second-order valence-electron chi connectivity index (χ2n) is 5.13. The van der Waals surface area contributed by atoms with Crippen LogP contribution < -0.4 is 10.6 Å². The lowest BCUT2D eigenvalue weighted by Gasteiger charge is -2.16. The topological polar surface area (TPSA) is 67.4 Å². The molecule has 0 bridgehead atoms. The number of thiocarbonyl (C=S) groups is 1. The number of nitrogens with one attached hydrogen (secondary N) is 2. The zero-order chi connectivity index (χ0) is 17.5. The summed E-state index contributed by atoms with van der Waals surface area (Å²) in [7, 11) is 1.29. The number of ether oxygens (including phenoxy) is 1. The summed E-state index contributed by atoms with van der Waals surface area (Å²) in [6, 6.07) is 16.0. The molecule has 0 fully saturated rings. The lowest BCUT2D eigenvalue weighted by atomic mass is 10.1. The smallest absolute Gasteiger partial charge is 0.337 e. The number of amides is 1. The Labute approximate surface area is 146 Å². The Morgan fingerprint density at radius 2 is 1.71 bits per heavy atom. The minimum Gasteiger partial charge on any atom is -0.465 e. The van der Waals surface area contributed by atoms with Crippen molar-refractivity contribution in [2.24, 2.45) is 0 Å². The monoisotopic (exact) mass is 342 g/mol. The fourth-order valence-corrected chi connectivity index (χ4v) is 2.41. The minimum absolute atomic E-state index is 0.0413. The van der Waals surface area contributed by atoms with Gasteiger partial charge < -0.3 is 10.1 Å². The van der Waals surface area contributed by atoms with E-state index in [-0.39, 0.29) is 11.2 Å². The molecule has 0 aliphatic rings.